The van der Waals surface area contributed by atoms with Crippen molar-refractivity contribution in [3.8, 4) is 0 Å². The van der Waals surface area contributed by atoms with Gasteiger partial charge in [-0.2, -0.15) is 0 Å². The van der Waals surface area contributed by atoms with Gasteiger partial charge in [0.15, 0.2) is 5.78 Å². The van der Waals surface area contributed by atoms with Crippen LogP contribution >= 0.6 is 15.9 Å². The number of hydrogen-bond donors (Lipinski definition) is 4. The lowest BCUT2D eigenvalue weighted by molar-refractivity contribution is -0.140. The first-order valence-corrected chi connectivity index (χ1v) is 12.6. The first kappa shape index (κ1) is 27.6. The second-order valence-electron chi connectivity index (χ2n) is 9.49. The fourth-order valence-electron chi connectivity index (χ4n) is 4.03. The molecule has 1 aromatic carbocycles. The lowest BCUT2D eigenvalue weighted by atomic mass is 9.96. The van der Waals surface area contributed by atoms with Crippen LogP contribution in [0.4, 0.5) is 0 Å². The third-order valence-electron chi connectivity index (χ3n) is 5.52. The minimum absolute atomic E-state index is 0.0703. The number of benzene rings is 1. The Balaban J connectivity index is 2.36. The average Bonchev–Trinajstić information content (AvgIpc) is 3.10. The maximum absolute atomic E-state index is 13.4. The number of carboxylic acids is 1. The number of fused-ring (bicyclic) bond motifs is 1. The number of hydrogen-bond acceptors (Lipinski definition) is 4. The summed E-state index contributed by atoms with van der Waals surface area (Å²) in [7, 11) is 0. The summed E-state index contributed by atoms with van der Waals surface area (Å²) >= 11 is 3.03. The number of ketones is 1. The monoisotopic (exact) mass is 535 g/mol. The van der Waals surface area contributed by atoms with Crippen LogP contribution in [0.2, 0.25) is 0 Å². The lowest BCUT2D eigenvalue weighted by Gasteiger charge is -2.23. The van der Waals surface area contributed by atoms with Crippen molar-refractivity contribution < 1.29 is 24.3 Å². The van der Waals surface area contributed by atoms with Crippen molar-refractivity contribution in [1.29, 1.82) is 0 Å². The van der Waals surface area contributed by atoms with Crippen LogP contribution in [0.25, 0.3) is 10.9 Å². The first-order chi connectivity index (χ1) is 15.9. The van der Waals surface area contributed by atoms with Gasteiger partial charge in [0, 0.05) is 10.9 Å². The standard InChI is InChI=1S/C25H34BrN3O5/c1-13(2)9-16-22-15(5)7-6-8-17(22)27-23(16)25(34)29-19(10-14(3)4)24(33)28-18(11-21(31)32)20(30)12-26/h6-8,13-14,18-19,27H,9-12H2,1-5H3,(H,28,33)(H,29,34)(H,31,32)/t18?,19-/m0/s1. The Hall–Kier alpha value is -2.68. The van der Waals surface area contributed by atoms with E-state index in [0.29, 0.717) is 24.5 Å². The second-order valence-corrected chi connectivity index (χ2v) is 10.0. The smallest absolute Gasteiger partial charge is 0.305 e. The summed E-state index contributed by atoms with van der Waals surface area (Å²) in [5.74, 6) is -2.26. The Morgan fingerprint density at radius 2 is 1.71 bits per heavy atom. The molecule has 1 heterocycles. The van der Waals surface area contributed by atoms with Crippen molar-refractivity contribution in [2.24, 2.45) is 11.8 Å². The highest BCUT2D eigenvalue weighted by Gasteiger charge is 2.30. The summed E-state index contributed by atoms with van der Waals surface area (Å²) in [5.41, 5.74) is 3.24. The molecule has 0 saturated heterocycles. The molecule has 0 fully saturated rings. The first-order valence-electron chi connectivity index (χ1n) is 11.5. The van der Waals surface area contributed by atoms with Crippen molar-refractivity contribution in [3.05, 3.63) is 35.0 Å². The van der Waals surface area contributed by atoms with Gasteiger partial charge in [-0.05, 0) is 48.8 Å². The van der Waals surface area contributed by atoms with Gasteiger partial charge in [-0.15, -0.1) is 0 Å². The summed E-state index contributed by atoms with van der Waals surface area (Å²) in [5, 5.41) is 15.4. The molecule has 2 aromatic rings. The van der Waals surface area contributed by atoms with E-state index in [1.807, 2.05) is 39.0 Å². The number of H-pyrrole nitrogens is 1. The SMILES string of the molecule is Cc1cccc2[nH]c(C(=O)N[C@@H](CC(C)C)C(=O)NC(CC(=O)O)C(=O)CBr)c(CC(C)C)c12. The minimum atomic E-state index is -1.20. The molecular formula is C25H34BrN3O5. The predicted octanol–water partition coefficient (Wildman–Crippen LogP) is 3.74. The minimum Gasteiger partial charge on any atom is -0.481 e. The number of Topliss-reactive ketones (excluding diaryl/α,β-unsaturated/α-hetero) is 1. The highest BCUT2D eigenvalue weighted by Crippen LogP contribution is 2.28. The van der Waals surface area contributed by atoms with Crippen molar-refractivity contribution >= 4 is 50.4 Å². The zero-order valence-corrected chi connectivity index (χ0v) is 21.9. The van der Waals surface area contributed by atoms with Crippen molar-refractivity contribution in [1.82, 2.24) is 15.6 Å². The zero-order valence-electron chi connectivity index (χ0n) is 20.3. The summed E-state index contributed by atoms with van der Waals surface area (Å²) in [6.07, 6.45) is 0.492. The Morgan fingerprint density at radius 1 is 1.03 bits per heavy atom. The summed E-state index contributed by atoms with van der Waals surface area (Å²) in [4.78, 5) is 53.0. The van der Waals surface area contributed by atoms with E-state index in [-0.39, 0.29) is 11.2 Å². The number of aryl methyl sites for hydroxylation is 1. The maximum atomic E-state index is 13.4. The highest BCUT2D eigenvalue weighted by atomic mass is 79.9. The number of carbonyl (C=O) groups excluding carboxylic acids is 3. The van der Waals surface area contributed by atoms with Crippen LogP contribution in [0.1, 0.15) is 62.2 Å². The number of nitrogens with one attached hydrogen (secondary N) is 3. The molecule has 186 valence electrons. The number of aromatic amines is 1. The summed E-state index contributed by atoms with van der Waals surface area (Å²) in [6.45, 7) is 10.00. The van der Waals surface area contributed by atoms with Gasteiger partial charge in [0.05, 0.1) is 17.8 Å². The van der Waals surface area contributed by atoms with E-state index in [1.54, 1.807) is 0 Å². The van der Waals surface area contributed by atoms with Gasteiger partial charge in [-0.3, -0.25) is 19.2 Å². The van der Waals surface area contributed by atoms with Gasteiger partial charge in [0.2, 0.25) is 5.91 Å². The van der Waals surface area contributed by atoms with Crippen LogP contribution in [0.15, 0.2) is 18.2 Å². The topological polar surface area (TPSA) is 128 Å². The third kappa shape index (κ3) is 7.16. The molecule has 2 atom stereocenters. The number of aromatic nitrogens is 1. The largest absolute Gasteiger partial charge is 0.481 e. The van der Waals surface area contributed by atoms with E-state index in [0.717, 1.165) is 22.0 Å². The van der Waals surface area contributed by atoms with E-state index in [1.165, 1.54) is 0 Å². The Morgan fingerprint density at radius 3 is 2.26 bits per heavy atom. The van der Waals surface area contributed by atoms with Gasteiger partial charge in [-0.1, -0.05) is 55.8 Å². The number of rotatable bonds is 12. The lowest BCUT2D eigenvalue weighted by Crippen LogP contribution is -2.52. The van der Waals surface area contributed by atoms with E-state index >= 15 is 0 Å². The Kier molecular flexibility index (Phi) is 9.85. The second kappa shape index (κ2) is 12.1. The van der Waals surface area contributed by atoms with E-state index in [9.17, 15) is 19.2 Å². The van der Waals surface area contributed by atoms with Crippen molar-refractivity contribution in [2.75, 3.05) is 5.33 Å². The van der Waals surface area contributed by atoms with Crippen LogP contribution in [0.5, 0.6) is 0 Å². The fraction of sp³-hybridized carbons (Fsp3) is 0.520. The van der Waals surface area contributed by atoms with Gasteiger partial charge >= 0.3 is 5.97 Å². The van der Waals surface area contributed by atoms with Crippen LogP contribution in [-0.2, 0) is 20.8 Å². The molecule has 9 heteroatoms. The Labute approximate surface area is 208 Å². The third-order valence-corrected chi connectivity index (χ3v) is 6.07. The maximum Gasteiger partial charge on any atom is 0.305 e. The summed E-state index contributed by atoms with van der Waals surface area (Å²) in [6, 6.07) is 3.74. The van der Waals surface area contributed by atoms with Crippen LogP contribution < -0.4 is 10.6 Å². The molecule has 0 spiro atoms. The normalized spacial score (nSPS) is 13.2. The molecule has 0 bridgehead atoms. The van der Waals surface area contributed by atoms with E-state index < -0.39 is 42.1 Å². The highest BCUT2D eigenvalue weighted by molar-refractivity contribution is 9.09. The molecule has 2 rings (SSSR count). The fourth-order valence-corrected chi connectivity index (χ4v) is 4.42. The van der Waals surface area contributed by atoms with Crippen LogP contribution in [0, 0.1) is 18.8 Å². The molecule has 1 aromatic heterocycles. The number of halogens is 1. The molecule has 8 nitrogen and oxygen atoms in total. The molecule has 0 radical (unpaired) electrons. The van der Waals surface area contributed by atoms with Crippen LogP contribution in [-0.4, -0.2) is 51.1 Å². The van der Waals surface area contributed by atoms with Gasteiger partial charge in [0.25, 0.3) is 5.91 Å². The number of carbonyl (C=O) groups is 4. The summed E-state index contributed by atoms with van der Waals surface area (Å²) < 4.78 is 0. The van der Waals surface area contributed by atoms with E-state index in [4.69, 9.17) is 5.11 Å². The quantitative estimate of drug-likeness (QED) is 0.307. The molecule has 0 saturated carbocycles. The number of alkyl halides is 1. The molecular weight excluding hydrogens is 502 g/mol. The predicted molar refractivity (Wildman–Crippen MR) is 135 cm³/mol. The zero-order chi connectivity index (χ0) is 25.6. The Bertz CT molecular complexity index is 1060. The number of carboxylic acid groups (broad SMARTS) is 1. The van der Waals surface area contributed by atoms with Gasteiger partial charge in [-0.25, -0.2) is 0 Å². The molecule has 34 heavy (non-hydrogen) atoms. The average molecular weight is 536 g/mol. The number of aliphatic carboxylic acids is 1. The van der Waals surface area contributed by atoms with Gasteiger partial charge in [0.1, 0.15) is 11.7 Å². The molecule has 1 unspecified atom stereocenters. The molecule has 0 aliphatic rings. The number of amides is 2. The van der Waals surface area contributed by atoms with Crippen molar-refractivity contribution in [2.45, 2.75) is 66.0 Å². The van der Waals surface area contributed by atoms with E-state index in [2.05, 4.69) is 45.4 Å². The van der Waals surface area contributed by atoms with Crippen molar-refractivity contribution in [3.63, 3.8) is 0 Å². The van der Waals surface area contributed by atoms with Crippen LogP contribution in [0.3, 0.4) is 0 Å². The van der Waals surface area contributed by atoms with Gasteiger partial charge < -0.3 is 20.7 Å². The molecule has 2 amide bonds. The molecule has 0 aliphatic carbocycles. The molecule has 0 aliphatic heterocycles. The molecule has 4 N–H and O–H groups in total.